The Morgan fingerprint density at radius 2 is 2.03 bits per heavy atom. The summed E-state index contributed by atoms with van der Waals surface area (Å²) in [4.78, 5) is 6.86. The van der Waals surface area contributed by atoms with E-state index in [9.17, 15) is 5.26 Å². The van der Waals surface area contributed by atoms with Gasteiger partial charge in [0.25, 0.3) is 0 Å². The van der Waals surface area contributed by atoms with Crippen LogP contribution in [-0.2, 0) is 6.42 Å². The van der Waals surface area contributed by atoms with E-state index in [4.69, 9.17) is 19.2 Å². The fourth-order valence-electron chi connectivity index (χ4n) is 3.69. The highest BCUT2D eigenvalue weighted by atomic mass is 32.1. The zero-order valence-electron chi connectivity index (χ0n) is 15.9. The van der Waals surface area contributed by atoms with Crippen LogP contribution in [0.4, 0.5) is 0 Å². The minimum atomic E-state index is 0.238. The van der Waals surface area contributed by atoms with Crippen LogP contribution in [0.5, 0.6) is 17.2 Å². The molecule has 6 nitrogen and oxygen atoms in total. The number of aromatic nitrogens is 2. The number of aryl methyl sites for hydroxylation is 1. The van der Waals surface area contributed by atoms with Crippen molar-refractivity contribution >= 4 is 16.3 Å². The topological polar surface area (TPSA) is 68.8 Å². The summed E-state index contributed by atoms with van der Waals surface area (Å²) in [6.07, 6.45) is 0.251. The van der Waals surface area contributed by atoms with Crippen LogP contribution >= 0.6 is 11.3 Å². The lowest BCUT2D eigenvalue weighted by Gasteiger charge is -2.08. The molecule has 4 aromatic rings. The lowest BCUT2D eigenvalue weighted by Crippen LogP contribution is -1.96. The highest BCUT2D eigenvalue weighted by Crippen LogP contribution is 2.41. The molecule has 7 heteroatoms. The molecule has 0 amide bonds. The third kappa shape index (κ3) is 2.80. The number of rotatable bonds is 4. The lowest BCUT2D eigenvalue weighted by atomic mass is 10.1. The maximum Gasteiger partial charge on any atom is 0.231 e. The number of ether oxygens (including phenoxy) is 3. The molecule has 29 heavy (non-hydrogen) atoms. The molecule has 0 saturated carbocycles. The van der Waals surface area contributed by atoms with Crippen molar-refractivity contribution in [2.45, 2.75) is 13.3 Å². The molecule has 5 rings (SSSR count). The highest BCUT2D eigenvalue weighted by Gasteiger charge is 2.23. The molecule has 0 fully saturated rings. The van der Waals surface area contributed by atoms with E-state index in [2.05, 4.69) is 17.4 Å². The first-order chi connectivity index (χ1) is 14.2. The van der Waals surface area contributed by atoms with E-state index in [0.29, 0.717) is 0 Å². The molecule has 2 aromatic carbocycles. The van der Waals surface area contributed by atoms with E-state index in [-0.39, 0.29) is 13.2 Å². The first-order valence-corrected chi connectivity index (χ1v) is 9.93. The van der Waals surface area contributed by atoms with Crippen molar-refractivity contribution < 1.29 is 14.2 Å². The average molecular weight is 403 g/mol. The van der Waals surface area contributed by atoms with Crippen molar-refractivity contribution in [3.8, 4) is 45.8 Å². The molecule has 0 atom stereocenters. The Labute approximate surface area is 171 Å². The summed E-state index contributed by atoms with van der Waals surface area (Å²) in [5, 5.41) is 9.52. The Kier molecular flexibility index (Phi) is 4.14. The van der Waals surface area contributed by atoms with Gasteiger partial charge in [0.1, 0.15) is 5.75 Å². The number of nitriles is 1. The van der Waals surface area contributed by atoms with Gasteiger partial charge in [-0.1, -0.05) is 12.1 Å². The number of benzene rings is 2. The molecule has 2 aromatic heterocycles. The molecule has 0 saturated heterocycles. The third-order valence-corrected chi connectivity index (χ3v) is 5.94. The second kappa shape index (κ2) is 6.83. The van der Waals surface area contributed by atoms with Gasteiger partial charge in [0, 0.05) is 16.0 Å². The van der Waals surface area contributed by atoms with Crippen LogP contribution in [0.1, 0.15) is 10.6 Å². The summed E-state index contributed by atoms with van der Waals surface area (Å²) in [6.45, 7) is 2.31. The Bertz CT molecular complexity index is 1280. The molecule has 144 valence electrons. The normalized spacial score (nSPS) is 12.3. The molecule has 0 spiro atoms. The monoisotopic (exact) mass is 403 g/mol. The summed E-state index contributed by atoms with van der Waals surface area (Å²) in [6, 6.07) is 16.0. The summed E-state index contributed by atoms with van der Waals surface area (Å²) in [7, 11) is 1.64. The van der Waals surface area contributed by atoms with E-state index < -0.39 is 0 Å². The van der Waals surface area contributed by atoms with Gasteiger partial charge in [-0.3, -0.25) is 4.40 Å². The zero-order valence-corrected chi connectivity index (χ0v) is 16.7. The molecule has 0 unspecified atom stereocenters. The van der Waals surface area contributed by atoms with E-state index >= 15 is 0 Å². The standard InChI is InChI=1S/C22H17N3O3S/c1-13-21(15-6-7-18-19(11-15)28-12-27-18)25-17(8-9-23)20(24-22(25)29-13)14-4-3-5-16(10-14)26-2/h3-7,10-11H,8,12H2,1-2H3. The maximum absolute atomic E-state index is 9.52. The first kappa shape index (κ1) is 17.6. The van der Waals surface area contributed by atoms with Crippen LogP contribution in [0.15, 0.2) is 42.5 Å². The largest absolute Gasteiger partial charge is 0.497 e. The van der Waals surface area contributed by atoms with Crippen molar-refractivity contribution in [1.29, 1.82) is 5.26 Å². The summed E-state index contributed by atoms with van der Waals surface area (Å²) >= 11 is 1.61. The molecule has 3 heterocycles. The van der Waals surface area contributed by atoms with Crippen molar-refractivity contribution in [1.82, 2.24) is 9.38 Å². The number of nitrogens with zero attached hydrogens (tertiary/aromatic N) is 3. The second-order valence-electron chi connectivity index (χ2n) is 6.67. The molecule has 0 aliphatic carbocycles. The van der Waals surface area contributed by atoms with Crippen LogP contribution in [0, 0.1) is 18.3 Å². The van der Waals surface area contributed by atoms with Gasteiger partial charge < -0.3 is 14.2 Å². The van der Waals surface area contributed by atoms with E-state index in [0.717, 1.165) is 55.3 Å². The van der Waals surface area contributed by atoms with Gasteiger partial charge in [-0.05, 0) is 37.3 Å². The Balaban J connectivity index is 1.74. The van der Waals surface area contributed by atoms with Gasteiger partial charge in [0.15, 0.2) is 16.5 Å². The van der Waals surface area contributed by atoms with Crippen molar-refractivity contribution in [2.75, 3.05) is 13.9 Å². The number of hydrogen-bond donors (Lipinski definition) is 0. The van der Waals surface area contributed by atoms with Gasteiger partial charge in [-0.2, -0.15) is 5.26 Å². The zero-order chi connectivity index (χ0) is 20.0. The fourth-order valence-corrected chi connectivity index (χ4v) is 4.70. The summed E-state index contributed by atoms with van der Waals surface area (Å²) in [5.74, 6) is 2.24. The Morgan fingerprint density at radius 1 is 1.17 bits per heavy atom. The van der Waals surface area contributed by atoms with Crippen LogP contribution in [-0.4, -0.2) is 23.3 Å². The Morgan fingerprint density at radius 3 is 2.86 bits per heavy atom. The predicted octanol–water partition coefficient (Wildman–Crippen LogP) is 4.84. The molecule has 0 radical (unpaired) electrons. The smallest absolute Gasteiger partial charge is 0.231 e. The maximum atomic E-state index is 9.52. The van der Waals surface area contributed by atoms with Gasteiger partial charge in [-0.15, -0.1) is 11.3 Å². The van der Waals surface area contributed by atoms with Gasteiger partial charge in [0.05, 0.1) is 36.7 Å². The van der Waals surface area contributed by atoms with E-state index in [1.807, 2.05) is 42.5 Å². The molecule has 1 aliphatic rings. The number of imidazole rings is 1. The van der Waals surface area contributed by atoms with Crippen LogP contribution in [0.2, 0.25) is 0 Å². The van der Waals surface area contributed by atoms with Crippen molar-refractivity contribution in [3.05, 3.63) is 53.0 Å². The van der Waals surface area contributed by atoms with Crippen LogP contribution in [0.3, 0.4) is 0 Å². The third-order valence-electron chi connectivity index (χ3n) is 4.98. The van der Waals surface area contributed by atoms with Crippen LogP contribution in [0.25, 0.3) is 27.5 Å². The minimum Gasteiger partial charge on any atom is -0.497 e. The predicted molar refractivity (Wildman–Crippen MR) is 111 cm³/mol. The number of methoxy groups -OCH3 is 1. The summed E-state index contributed by atoms with van der Waals surface area (Å²) in [5.41, 5.74) is 4.63. The lowest BCUT2D eigenvalue weighted by molar-refractivity contribution is 0.174. The molecule has 1 aliphatic heterocycles. The first-order valence-electron chi connectivity index (χ1n) is 9.11. The number of fused-ring (bicyclic) bond motifs is 2. The molecule has 0 N–H and O–H groups in total. The number of thiazole rings is 1. The quantitative estimate of drug-likeness (QED) is 0.488. The molecular weight excluding hydrogens is 386 g/mol. The average Bonchev–Trinajstić information content (AvgIpc) is 3.42. The van der Waals surface area contributed by atoms with Crippen LogP contribution < -0.4 is 14.2 Å². The summed E-state index contributed by atoms with van der Waals surface area (Å²) < 4.78 is 18.5. The van der Waals surface area contributed by atoms with E-state index in [1.54, 1.807) is 18.4 Å². The van der Waals surface area contributed by atoms with Gasteiger partial charge >= 0.3 is 0 Å². The fraction of sp³-hybridized carbons (Fsp3) is 0.182. The second-order valence-corrected chi connectivity index (χ2v) is 7.85. The molecular formula is C22H17N3O3S. The van der Waals surface area contributed by atoms with Crippen molar-refractivity contribution in [2.24, 2.45) is 0 Å². The highest BCUT2D eigenvalue weighted by molar-refractivity contribution is 7.17. The SMILES string of the molecule is COc1cccc(-c2nc3sc(C)c(-c4ccc5c(c4)OCO5)n3c2CC#N)c1. The number of hydrogen-bond acceptors (Lipinski definition) is 6. The van der Waals surface area contributed by atoms with Crippen molar-refractivity contribution in [3.63, 3.8) is 0 Å². The minimum absolute atomic E-state index is 0.238. The van der Waals surface area contributed by atoms with Gasteiger partial charge in [-0.25, -0.2) is 4.98 Å². The Hall–Kier alpha value is -3.50. The van der Waals surface area contributed by atoms with Gasteiger partial charge in [0.2, 0.25) is 6.79 Å². The molecule has 0 bridgehead atoms. The van der Waals surface area contributed by atoms with E-state index in [1.165, 1.54) is 0 Å².